The SMILES string of the molecule is CNC(CNCc1cc(C)c(C)cc1OC)C(=O)O. The smallest absolute Gasteiger partial charge is 0.322 e. The van der Waals surface area contributed by atoms with Crippen LogP contribution >= 0.6 is 0 Å². The highest BCUT2D eigenvalue weighted by atomic mass is 16.5. The molecule has 0 bridgehead atoms. The lowest BCUT2D eigenvalue weighted by molar-refractivity contribution is -0.139. The van der Waals surface area contributed by atoms with Crippen molar-refractivity contribution in [2.45, 2.75) is 26.4 Å². The molecule has 1 aromatic carbocycles. The zero-order valence-electron chi connectivity index (χ0n) is 11.9. The van der Waals surface area contributed by atoms with Crippen LogP contribution in [0.1, 0.15) is 16.7 Å². The van der Waals surface area contributed by atoms with Gasteiger partial charge in [0.2, 0.25) is 0 Å². The zero-order valence-corrected chi connectivity index (χ0v) is 11.9. The van der Waals surface area contributed by atoms with Crippen LogP contribution in [0.3, 0.4) is 0 Å². The Morgan fingerprint density at radius 2 is 2.00 bits per heavy atom. The van der Waals surface area contributed by atoms with Crippen LogP contribution in [0, 0.1) is 13.8 Å². The van der Waals surface area contributed by atoms with Crippen molar-refractivity contribution < 1.29 is 14.6 Å². The first-order chi connectivity index (χ1) is 8.99. The fourth-order valence-electron chi connectivity index (χ4n) is 1.84. The number of carbonyl (C=O) groups is 1. The van der Waals surface area contributed by atoms with Gasteiger partial charge in [-0.05, 0) is 38.1 Å². The van der Waals surface area contributed by atoms with Crippen molar-refractivity contribution in [3.63, 3.8) is 0 Å². The Balaban J connectivity index is 2.67. The molecule has 0 radical (unpaired) electrons. The second-order valence-corrected chi connectivity index (χ2v) is 4.56. The summed E-state index contributed by atoms with van der Waals surface area (Å²) < 4.78 is 5.34. The average molecular weight is 266 g/mol. The number of carboxylic acids is 1. The lowest BCUT2D eigenvalue weighted by atomic mass is 10.0. The molecule has 0 spiro atoms. The molecular weight excluding hydrogens is 244 g/mol. The first-order valence-corrected chi connectivity index (χ1v) is 6.24. The Labute approximate surface area is 114 Å². The maximum atomic E-state index is 10.9. The Kier molecular flexibility index (Phi) is 5.79. The van der Waals surface area contributed by atoms with Crippen molar-refractivity contribution in [2.75, 3.05) is 20.7 Å². The topological polar surface area (TPSA) is 70.6 Å². The molecule has 1 aromatic rings. The van der Waals surface area contributed by atoms with Crippen molar-refractivity contribution in [3.05, 3.63) is 28.8 Å². The van der Waals surface area contributed by atoms with E-state index in [1.54, 1.807) is 14.2 Å². The van der Waals surface area contributed by atoms with E-state index in [9.17, 15) is 4.79 Å². The first kappa shape index (κ1) is 15.5. The van der Waals surface area contributed by atoms with Crippen LogP contribution in [0.15, 0.2) is 12.1 Å². The second kappa shape index (κ2) is 7.11. The molecule has 0 aliphatic rings. The van der Waals surface area contributed by atoms with Gasteiger partial charge in [-0.15, -0.1) is 0 Å². The molecule has 0 aliphatic carbocycles. The fraction of sp³-hybridized carbons (Fsp3) is 0.500. The molecular formula is C14H22N2O3. The van der Waals surface area contributed by atoms with E-state index >= 15 is 0 Å². The van der Waals surface area contributed by atoms with Gasteiger partial charge in [-0.25, -0.2) is 0 Å². The number of likely N-dealkylation sites (N-methyl/N-ethyl adjacent to an activating group) is 1. The minimum absolute atomic E-state index is 0.363. The number of aliphatic carboxylic acids is 1. The number of ether oxygens (including phenoxy) is 1. The molecule has 3 N–H and O–H groups in total. The molecule has 5 nitrogen and oxygen atoms in total. The van der Waals surface area contributed by atoms with Crippen LogP contribution < -0.4 is 15.4 Å². The van der Waals surface area contributed by atoms with Crippen LogP contribution in [0.4, 0.5) is 0 Å². The Morgan fingerprint density at radius 3 is 2.53 bits per heavy atom. The molecule has 0 saturated heterocycles. The Bertz CT molecular complexity index is 447. The van der Waals surface area contributed by atoms with Crippen molar-refractivity contribution >= 4 is 5.97 Å². The van der Waals surface area contributed by atoms with Gasteiger partial charge in [-0.1, -0.05) is 6.07 Å². The highest BCUT2D eigenvalue weighted by Gasteiger charge is 2.14. The molecule has 0 amide bonds. The van der Waals surface area contributed by atoms with Crippen molar-refractivity contribution in [3.8, 4) is 5.75 Å². The maximum absolute atomic E-state index is 10.9. The third-order valence-electron chi connectivity index (χ3n) is 3.21. The van der Waals surface area contributed by atoms with Gasteiger partial charge in [-0.2, -0.15) is 0 Å². The summed E-state index contributed by atoms with van der Waals surface area (Å²) in [6, 6.07) is 3.48. The maximum Gasteiger partial charge on any atom is 0.322 e. The van der Waals surface area contributed by atoms with Crippen LogP contribution in [0.25, 0.3) is 0 Å². The number of carboxylic acid groups (broad SMARTS) is 1. The lowest BCUT2D eigenvalue weighted by Crippen LogP contribution is -2.42. The fourth-order valence-corrected chi connectivity index (χ4v) is 1.84. The van der Waals surface area contributed by atoms with E-state index in [-0.39, 0.29) is 0 Å². The van der Waals surface area contributed by atoms with Crippen LogP contribution in [0.5, 0.6) is 5.75 Å². The number of nitrogens with one attached hydrogen (secondary N) is 2. The van der Waals surface area contributed by atoms with Crippen molar-refractivity contribution in [1.29, 1.82) is 0 Å². The summed E-state index contributed by atoms with van der Waals surface area (Å²) in [5.41, 5.74) is 3.41. The number of benzene rings is 1. The van der Waals surface area contributed by atoms with Gasteiger partial charge in [0.05, 0.1) is 7.11 Å². The quantitative estimate of drug-likeness (QED) is 0.689. The van der Waals surface area contributed by atoms with Crippen LogP contribution in [0.2, 0.25) is 0 Å². The van der Waals surface area contributed by atoms with Gasteiger partial charge in [0.25, 0.3) is 0 Å². The average Bonchev–Trinajstić information content (AvgIpc) is 2.37. The number of aryl methyl sites for hydroxylation is 2. The molecule has 1 rings (SSSR count). The molecule has 0 saturated carbocycles. The summed E-state index contributed by atoms with van der Waals surface area (Å²) in [5.74, 6) is -0.0333. The normalized spacial score (nSPS) is 12.2. The summed E-state index contributed by atoms with van der Waals surface area (Å²) in [6.45, 7) is 5.03. The summed E-state index contributed by atoms with van der Waals surface area (Å²) in [6.07, 6.45) is 0. The molecule has 0 aliphatic heterocycles. The minimum atomic E-state index is -0.859. The minimum Gasteiger partial charge on any atom is -0.496 e. The van der Waals surface area contributed by atoms with Crippen LogP contribution in [-0.4, -0.2) is 37.8 Å². The van der Waals surface area contributed by atoms with E-state index in [2.05, 4.69) is 16.7 Å². The Morgan fingerprint density at radius 1 is 1.37 bits per heavy atom. The van der Waals surface area contributed by atoms with E-state index in [0.29, 0.717) is 13.1 Å². The molecule has 106 valence electrons. The van der Waals surface area contributed by atoms with E-state index < -0.39 is 12.0 Å². The van der Waals surface area contributed by atoms with Crippen molar-refractivity contribution in [1.82, 2.24) is 10.6 Å². The molecule has 19 heavy (non-hydrogen) atoms. The molecule has 0 fully saturated rings. The zero-order chi connectivity index (χ0) is 14.4. The summed E-state index contributed by atoms with van der Waals surface area (Å²) >= 11 is 0. The lowest BCUT2D eigenvalue weighted by Gasteiger charge is -2.15. The molecule has 0 heterocycles. The van der Waals surface area contributed by atoms with E-state index in [4.69, 9.17) is 9.84 Å². The largest absolute Gasteiger partial charge is 0.496 e. The highest BCUT2D eigenvalue weighted by molar-refractivity contribution is 5.73. The first-order valence-electron chi connectivity index (χ1n) is 6.24. The van der Waals surface area contributed by atoms with Gasteiger partial charge in [-0.3, -0.25) is 4.79 Å². The molecule has 1 atom stereocenters. The third kappa shape index (κ3) is 4.22. The monoisotopic (exact) mass is 266 g/mol. The van der Waals surface area contributed by atoms with Gasteiger partial charge < -0.3 is 20.5 Å². The summed E-state index contributed by atoms with van der Waals surface area (Å²) in [7, 11) is 3.28. The predicted octanol–water partition coefficient (Wildman–Crippen LogP) is 1.07. The van der Waals surface area contributed by atoms with Gasteiger partial charge in [0, 0.05) is 18.7 Å². The Hall–Kier alpha value is -1.59. The summed E-state index contributed by atoms with van der Waals surface area (Å²) in [4.78, 5) is 10.9. The number of methoxy groups -OCH3 is 1. The van der Waals surface area contributed by atoms with E-state index in [1.807, 2.05) is 19.9 Å². The predicted molar refractivity (Wildman–Crippen MR) is 74.7 cm³/mol. The van der Waals surface area contributed by atoms with E-state index in [0.717, 1.165) is 11.3 Å². The van der Waals surface area contributed by atoms with Gasteiger partial charge in [0.15, 0.2) is 0 Å². The van der Waals surface area contributed by atoms with E-state index in [1.165, 1.54) is 11.1 Å². The standard InChI is InChI=1S/C14H22N2O3/c1-9-5-11(13(19-4)6-10(9)2)7-16-8-12(15-3)14(17)18/h5-6,12,15-16H,7-8H2,1-4H3,(H,17,18). The van der Waals surface area contributed by atoms with Gasteiger partial charge >= 0.3 is 5.97 Å². The molecule has 0 aromatic heterocycles. The molecule has 1 unspecified atom stereocenters. The van der Waals surface area contributed by atoms with Crippen molar-refractivity contribution in [2.24, 2.45) is 0 Å². The second-order valence-electron chi connectivity index (χ2n) is 4.56. The summed E-state index contributed by atoms with van der Waals surface area (Å²) in [5, 5.41) is 14.8. The highest BCUT2D eigenvalue weighted by Crippen LogP contribution is 2.22. The van der Waals surface area contributed by atoms with Crippen LogP contribution in [-0.2, 0) is 11.3 Å². The third-order valence-corrected chi connectivity index (χ3v) is 3.21. The number of hydrogen-bond acceptors (Lipinski definition) is 4. The number of hydrogen-bond donors (Lipinski definition) is 3. The molecule has 5 heteroatoms. The number of rotatable bonds is 7. The van der Waals surface area contributed by atoms with Gasteiger partial charge in [0.1, 0.15) is 11.8 Å².